The Morgan fingerprint density at radius 1 is 0.955 bits per heavy atom. The lowest BCUT2D eigenvalue weighted by atomic mass is 10.1. The first-order valence-corrected chi connectivity index (χ1v) is 9.30. The molecule has 0 heterocycles. The smallest absolute Gasteiger partial charge is 0.124 e. The number of rotatable bonds is 7. The van der Waals surface area contributed by atoms with E-state index in [2.05, 4.69) is 28.1 Å². The molecule has 1 aromatic carbocycles. The highest BCUT2D eigenvalue weighted by molar-refractivity contribution is 7.85. The largest absolute Gasteiger partial charge is 0.744 e. The summed E-state index contributed by atoms with van der Waals surface area (Å²) in [6.45, 7) is 5.41. The van der Waals surface area contributed by atoms with E-state index < -0.39 is 10.1 Å². The average molecular weight is 330 g/mol. The molecule has 0 radical (unpaired) electrons. The van der Waals surface area contributed by atoms with Crippen LogP contribution in [0.2, 0.25) is 0 Å². The van der Waals surface area contributed by atoms with E-state index in [1.807, 2.05) is 6.92 Å². The summed E-state index contributed by atoms with van der Waals surface area (Å²) in [5, 5.41) is 0. The Bertz CT molecular complexity index is 502. The highest BCUT2D eigenvalue weighted by Gasteiger charge is 2.04. The van der Waals surface area contributed by atoms with Gasteiger partial charge in [0, 0.05) is 0 Å². The summed E-state index contributed by atoms with van der Waals surface area (Å²) in [6.07, 6.45) is 7.00. The van der Waals surface area contributed by atoms with E-state index in [4.69, 9.17) is 0 Å². The van der Waals surface area contributed by atoms with Gasteiger partial charge >= 0.3 is 0 Å². The van der Waals surface area contributed by atoms with Crippen molar-refractivity contribution in [1.29, 1.82) is 0 Å². The lowest BCUT2D eigenvalue weighted by Gasteiger charge is -2.23. The van der Waals surface area contributed by atoms with Crippen molar-refractivity contribution in [3.63, 3.8) is 0 Å². The molecule has 0 aliphatic carbocycles. The Morgan fingerprint density at radius 2 is 1.45 bits per heavy atom. The molecule has 5 heteroatoms. The van der Waals surface area contributed by atoms with Crippen LogP contribution in [0.15, 0.2) is 29.2 Å². The van der Waals surface area contributed by atoms with Gasteiger partial charge in [-0.3, -0.25) is 0 Å². The molecule has 1 rings (SSSR count). The number of nitrogens with zero attached hydrogens (tertiary/aromatic N) is 1. The van der Waals surface area contributed by atoms with Crippen molar-refractivity contribution in [3.05, 3.63) is 29.8 Å². The molecule has 0 saturated carbocycles. The van der Waals surface area contributed by atoms with Crippen LogP contribution in [-0.4, -0.2) is 45.1 Å². The molecule has 0 bridgehead atoms. The normalized spacial score (nSPS) is 11.7. The Hall–Kier alpha value is -0.910. The Kier molecular flexibility index (Phi) is 9.56. The molecule has 0 spiro atoms. The van der Waals surface area contributed by atoms with Gasteiger partial charge in [-0.1, -0.05) is 43.9 Å². The standard InChI is InChI=1S/C10H24N.C7H8O3S/c1-5-6-7-8-9-10-11(2,3)4;1-6-2-4-7(5-3-6)11(8,9)10/h5-10H2,1-4H3;2-5H,1H3,(H,8,9,10)/q+1;/p-1. The summed E-state index contributed by atoms with van der Waals surface area (Å²) in [7, 11) is 2.52. The topological polar surface area (TPSA) is 57.2 Å². The summed E-state index contributed by atoms with van der Waals surface area (Å²) >= 11 is 0. The molecular formula is C17H31NO3S. The zero-order chi connectivity index (χ0) is 17.2. The van der Waals surface area contributed by atoms with Gasteiger partial charge in [-0.05, 0) is 31.9 Å². The quantitative estimate of drug-likeness (QED) is 0.436. The first kappa shape index (κ1) is 21.1. The predicted octanol–water partition coefficient (Wildman–Crippen LogP) is 3.56. The molecule has 4 nitrogen and oxygen atoms in total. The van der Waals surface area contributed by atoms with Crippen LogP contribution in [-0.2, 0) is 10.1 Å². The molecule has 128 valence electrons. The molecule has 0 aliphatic rings. The zero-order valence-electron chi connectivity index (χ0n) is 14.6. The maximum atomic E-state index is 10.4. The second kappa shape index (κ2) is 9.98. The van der Waals surface area contributed by atoms with Crippen LogP contribution in [0.5, 0.6) is 0 Å². The van der Waals surface area contributed by atoms with E-state index in [9.17, 15) is 13.0 Å². The maximum absolute atomic E-state index is 10.4. The second-order valence-electron chi connectivity index (χ2n) is 6.70. The minimum absolute atomic E-state index is 0.178. The van der Waals surface area contributed by atoms with Crippen molar-refractivity contribution in [2.75, 3.05) is 27.7 Å². The Balaban J connectivity index is 0.000000401. The van der Waals surface area contributed by atoms with E-state index in [1.165, 1.54) is 50.8 Å². The van der Waals surface area contributed by atoms with Crippen molar-refractivity contribution < 1.29 is 17.5 Å². The summed E-state index contributed by atoms with van der Waals surface area (Å²) < 4.78 is 32.3. The first-order chi connectivity index (χ1) is 10.1. The molecule has 0 unspecified atom stereocenters. The van der Waals surface area contributed by atoms with Crippen molar-refractivity contribution >= 4 is 10.1 Å². The third-order valence-electron chi connectivity index (χ3n) is 3.24. The fourth-order valence-corrected chi connectivity index (χ4v) is 2.36. The highest BCUT2D eigenvalue weighted by Crippen LogP contribution is 2.08. The van der Waals surface area contributed by atoms with Crippen molar-refractivity contribution in [3.8, 4) is 0 Å². The molecule has 22 heavy (non-hydrogen) atoms. The predicted molar refractivity (Wildman–Crippen MR) is 90.8 cm³/mol. The van der Waals surface area contributed by atoms with Crippen LogP contribution >= 0.6 is 0 Å². The van der Waals surface area contributed by atoms with Crippen molar-refractivity contribution in [1.82, 2.24) is 0 Å². The second-order valence-corrected chi connectivity index (χ2v) is 8.07. The molecule has 0 aromatic heterocycles. The van der Waals surface area contributed by atoms with E-state index in [0.717, 1.165) is 10.0 Å². The van der Waals surface area contributed by atoms with Crippen LogP contribution in [0, 0.1) is 6.92 Å². The average Bonchev–Trinajstić information content (AvgIpc) is 2.37. The van der Waals surface area contributed by atoms with Gasteiger partial charge in [0.15, 0.2) is 0 Å². The third-order valence-corrected chi connectivity index (χ3v) is 4.09. The number of aryl methyl sites for hydroxylation is 1. The molecule has 0 atom stereocenters. The van der Waals surface area contributed by atoms with E-state index >= 15 is 0 Å². The zero-order valence-corrected chi connectivity index (χ0v) is 15.4. The summed E-state index contributed by atoms with van der Waals surface area (Å²) in [6, 6.07) is 5.78. The summed E-state index contributed by atoms with van der Waals surface area (Å²) in [5.41, 5.74) is 0.928. The number of quaternary nitrogens is 1. The molecule has 0 aliphatic heterocycles. The van der Waals surface area contributed by atoms with Gasteiger partial charge in [0.25, 0.3) is 0 Å². The number of hydrogen-bond acceptors (Lipinski definition) is 3. The van der Waals surface area contributed by atoms with Gasteiger partial charge in [-0.2, -0.15) is 0 Å². The van der Waals surface area contributed by atoms with E-state index in [0.29, 0.717) is 0 Å². The Labute approximate surface area is 136 Å². The molecule has 0 saturated heterocycles. The van der Waals surface area contributed by atoms with Crippen LogP contribution < -0.4 is 0 Å². The third kappa shape index (κ3) is 11.7. The molecule has 0 amide bonds. The molecule has 0 N–H and O–H groups in total. The lowest BCUT2D eigenvalue weighted by molar-refractivity contribution is -0.870. The maximum Gasteiger partial charge on any atom is 0.124 e. The SMILES string of the molecule is CCCCCCC[N+](C)(C)C.Cc1ccc(S(=O)(=O)[O-])cc1. The molecule has 1 aromatic rings. The van der Waals surface area contributed by atoms with Crippen molar-refractivity contribution in [2.45, 2.75) is 50.8 Å². The Morgan fingerprint density at radius 3 is 1.86 bits per heavy atom. The van der Waals surface area contributed by atoms with Gasteiger partial charge in [0.05, 0.1) is 32.6 Å². The fraction of sp³-hybridized carbons (Fsp3) is 0.647. The van der Waals surface area contributed by atoms with Gasteiger partial charge < -0.3 is 9.04 Å². The van der Waals surface area contributed by atoms with Crippen LogP contribution in [0.25, 0.3) is 0 Å². The van der Waals surface area contributed by atoms with Gasteiger partial charge in [-0.25, -0.2) is 8.42 Å². The minimum Gasteiger partial charge on any atom is -0.744 e. The summed E-state index contributed by atoms with van der Waals surface area (Å²) in [5.74, 6) is 0. The first-order valence-electron chi connectivity index (χ1n) is 7.89. The summed E-state index contributed by atoms with van der Waals surface area (Å²) in [4.78, 5) is -0.178. The van der Waals surface area contributed by atoms with E-state index in [-0.39, 0.29) is 4.90 Å². The highest BCUT2D eigenvalue weighted by atomic mass is 32.2. The van der Waals surface area contributed by atoms with Crippen LogP contribution in [0.3, 0.4) is 0 Å². The lowest BCUT2D eigenvalue weighted by Crippen LogP contribution is -2.35. The molecule has 0 fully saturated rings. The van der Waals surface area contributed by atoms with Gasteiger partial charge in [0.2, 0.25) is 0 Å². The fourth-order valence-electron chi connectivity index (χ4n) is 1.89. The molecular weight excluding hydrogens is 298 g/mol. The van der Waals surface area contributed by atoms with Crippen LogP contribution in [0.1, 0.15) is 44.6 Å². The van der Waals surface area contributed by atoms with E-state index in [1.54, 1.807) is 12.1 Å². The van der Waals surface area contributed by atoms with Gasteiger partial charge in [0.1, 0.15) is 10.1 Å². The van der Waals surface area contributed by atoms with Crippen molar-refractivity contribution in [2.24, 2.45) is 0 Å². The van der Waals surface area contributed by atoms with Gasteiger partial charge in [-0.15, -0.1) is 0 Å². The van der Waals surface area contributed by atoms with Crippen LogP contribution in [0.4, 0.5) is 0 Å². The minimum atomic E-state index is -4.27. The monoisotopic (exact) mass is 329 g/mol. The number of benzene rings is 1. The number of unbranched alkanes of at least 4 members (excludes halogenated alkanes) is 4. The number of hydrogen-bond donors (Lipinski definition) is 0.